The second-order valence-corrected chi connectivity index (χ2v) is 4.72. The van der Waals surface area contributed by atoms with Crippen molar-refractivity contribution >= 4 is 27.1 Å². The van der Waals surface area contributed by atoms with Gasteiger partial charge < -0.3 is 9.72 Å². The molecule has 18 heavy (non-hydrogen) atoms. The van der Waals surface area contributed by atoms with E-state index in [1.807, 2.05) is 19.2 Å². The molecule has 0 unspecified atom stereocenters. The zero-order valence-corrected chi connectivity index (χ0v) is 11.4. The lowest BCUT2D eigenvalue weighted by Gasteiger charge is -1.95. The molecule has 0 saturated carbocycles. The number of halogens is 1. The zero-order chi connectivity index (χ0) is 12.7. The zero-order valence-electron chi connectivity index (χ0n) is 9.81. The first-order valence-corrected chi connectivity index (χ1v) is 6.06. The summed E-state index contributed by atoms with van der Waals surface area (Å²) in [4.78, 5) is 11.8. The highest BCUT2D eigenvalue weighted by molar-refractivity contribution is 9.10. The molecule has 3 heterocycles. The summed E-state index contributed by atoms with van der Waals surface area (Å²) in [5, 5.41) is 4.33. The van der Waals surface area contributed by atoms with Gasteiger partial charge in [-0.25, -0.2) is 14.6 Å². The van der Waals surface area contributed by atoms with Crippen LogP contribution in [0.15, 0.2) is 22.8 Å². The third-order valence-corrected chi connectivity index (χ3v) is 3.03. The summed E-state index contributed by atoms with van der Waals surface area (Å²) in [5.74, 6) is 1.36. The Balaban J connectivity index is 2.13. The highest BCUT2D eigenvalue weighted by Crippen LogP contribution is 2.23. The number of nitrogens with zero attached hydrogens (tertiary/aromatic N) is 4. The number of hydrogen-bond acceptors (Lipinski definition) is 4. The van der Waals surface area contributed by atoms with Gasteiger partial charge in [0, 0.05) is 23.8 Å². The molecule has 0 amide bonds. The van der Waals surface area contributed by atoms with Crippen molar-refractivity contribution in [3.8, 4) is 17.4 Å². The molecule has 3 aromatic heterocycles. The van der Waals surface area contributed by atoms with Gasteiger partial charge in [-0.3, -0.25) is 0 Å². The summed E-state index contributed by atoms with van der Waals surface area (Å²) in [6.07, 6.45) is 1.71. The molecule has 0 radical (unpaired) electrons. The molecule has 7 heteroatoms. The van der Waals surface area contributed by atoms with E-state index in [0.717, 1.165) is 15.7 Å². The van der Waals surface area contributed by atoms with E-state index in [0.29, 0.717) is 17.4 Å². The topological polar surface area (TPSA) is 68.6 Å². The smallest absolute Gasteiger partial charge is 0.211 e. The molecular weight excluding hydrogens is 298 g/mol. The molecule has 0 atom stereocenters. The van der Waals surface area contributed by atoms with Crippen LogP contribution in [0.25, 0.3) is 22.7 Å². The van der Waals surface area contributed by atoms with E-state index in [-0.39, 0.29) is 0 Å². The van der Waals surface area contributed by atoms with Gasteiger partial charge in [0.25, 0.3) is 0 Å². The lowest BCUT2D eigenvalue weighted by molar-refractivity contribution is 0.373. The van der Waals surface area contributed by atoms with Gasteiger partial charge in [-0.15, -0.1) is 0 Å². The van der Waals surface area contributed by atoms with Crippen LogP contribution in [0.4, 0.5) is 0 Å². The van der Waals surface area contributed by atoms with Crippen molar-refractivity contribution in [1.29, 1.82) is 0 Å². The third-order valence-electron chi connectivity index (χ3n) is 2.59. The van der Waals surface area contributed by atoms with Gasteiger partial charge >= 0.3 is 0 Å². The Morgan fingerprint density at radius 3 is 2.94 bits per heavy atom. The van der Waals surface area contributed by atoms with E-state index in [1.165, 1.54) is 0 Å². The molecule has 0 aromatic carbocycles. The molecule has 0 bridgehead atoms. The van der Waals surface area contributed by atoms with Crippen LogP contribution in [0.3, 0.4) is 0 Å². The quantitative estimate of drug-likeness (QED) is 0.787. The molecule has 92 valence electrons. The van der Waals surface area contributed by atoms with Crippen LogP contribution in [-0.4, -0.2) is 31.8 Å². The van der Waals surface area contributed by atoms with Crippen molar-refractivity contribution in [2.45, 2.75) is 0 Å². The van der Waals surface area contributed by atoms with E-state index in [2.05, 4.69) is 36.0 Å². The largest absolute Gasteiger partial charge is 0.481 e. The fourth-order valence-electron chi connectivity index (χ4n) is 1.75. The van der Waals surface area contributed by atoms with Crippen molar-refractivity contribution in [2.24, 2.45) is 7.05 Å². The summed E-state index contributed by atoms with van der Waals surface area (Å²) in [6.45, 7) is 0. The monoisotopic (exact) mass is 307 g/mol. The van der Waals surface area contributed by atoms with Crippen LogP contribution in [0.2, 0.25) is 0 Å². The van der Waals surface area contributed by atoms with E-state index < -0.39 is 0 Å². The summed E-state index contributed by atoms with van der Waals surface area (Å²) >= 11 is 3.37. The number of fused-ring (bicyclic) bond motifs is 1. The SMILES string of the molecule is COc1cc(-c2nc3ncc(Br)cc3[nH]2)nn1C. The first kappa shape index (κ1) is 11.2. The highest BCUT2D eigenvalue weighted by Gasteiger charge is 2.12. The van der Waals surface area contributed by atoms with E-state index in [9.17, 15) is 0 Å². The van der Waals surface area contributed by atoms with Crippen LogP contribution in [0.1, 0.15) is 0 Å². The van der Waals surface area contributed by atoms with Crippen molar-refractivity contribution in [2.75, 3.05) is 7.11 Å². The standard InChI is InChI=1S/C11H10BrN5O/c1-17-9(18-2)4-8(16-17)11-14-7-3-6(12)5-13-10(7)15-11/h3-5H,1-2H3,(H,13,14,15). The molecule has 1 N–H and O–H groups in total. The number of methoxy groups -OCH3 is 1. The van der Waals surface area contributed by atoms with Crippen LogP contribution < -0.4 is 4.74 Å². The van der Waals surface area contributed by atoms with Crippen molar-refractivity contribution in [3.63, 3.8) is 0 Å². The average molecular weight is 308 g/mol. The maximum absolute atomic E-state index is 5.18. The number of aromatic amines is 1. The molecule has 6 nitrogen and oxygen atoms in total. The van der Waals surface area contributed by atoms with Gasteiger partial charge in [-0.05, 0) is 22.0 Å². The van der Waals surface area contributed by atoms with Gasteiger partial charge in [0.15, 0.2) is 11.5 Å². The lowest BCUT2D eigenvalue weighted by atomic mass is 10.4. The second kappa shape index (κ2) is 4.09. The minimum Gasteiger partial charge on any atom is -0.481 e. The molecule has 0 aliphatic heterocycles. The predicted octanol–water partition coefficient (Wildman–Crippen LogP) is 2.13. The van der Waals surface area contributed by atoms with Crippen LogP contribution in [0.5, 0.6) is 5.88 Å². The maximum atomic E-state index is 5.18. The van der Waals surface area contributed by atoms with Gasteiger partial charge in [0.05, 0.1) is 12.6 Å². The predicted molar refractivity (Wildman–Crippen MR) is 70.3 cm³/mol. The number of pyridine rings is 1. The first-order valence-electron chi connectivity index (χ1n) is 5.27. The molecule has 0 aliphatic rings. The Morgan fingerprint density at radius 2 is 2.22 bits per heavy atom. The van der Waals surface area contributed by atoms with Gasteiger partial charge in [-0.1, -0.05) is 0 Å². The number of hydrogen-bond donors (Lipinski definition) is 1. The van der Waals surface area contributed by atoms with Gasteiger partial charge in [0.1, 0.15) is 5.69 Å². The van der Waals surface area contributed by atoms with E-state index >= 15 is 0 Å². The number of aromatic nitrogens is 5. The Morgan fingerprint density at radius 1 is 1.39 bits per heavy atom. The Hall–Kier alpha value is -1.89. The average Bonchev–Trinajstić information content (AvgIpc) is 2.91. The van der Waals surface area contributed by atoms with Crippen LogP contribution in [-0.2, 0) is 7.05 Å². The lowest BCUT2D eigenvalue weighted by Crippen LogP contribution is -1.94. The molecule has 0 spiro atoms. The van der Waals surface area contributed by atoms with E-state index in [4.69, 9.17) is 4.74 Å². The summed E-state index contributed by atoms with van der Waals surface area (Å²) in [7, 11) is 3.43. The van der Waals surface area contributed by atoms with Crippen LogP contribution >= 0.6 is 15.9 Å². The number of nitrogens with one attached hydrogen (secondary N) is 1. The molecule has 0 aliphatic carbocycles. The second-order valence-electron chi connectivity index (χ2n) is 3.81. The number of rotatable bonds is 2. The summed E-state index contributed by atoms with van der Waals surface area (Å²) in [5.41, 5.74) is 2.25. The Bertz CT molecular complexity index is 717. The first-order chi connectivity index (χ1) is 8.67. The number of H-pyrrole nitrogens is 1. The fourth-order valence-corrected chi connectivity index (χ4v) is 2.08. The number of ether oxygens (including phenoxy) is 1. The van der Waals surface area contributed by atoms with Crippen LogP contribution in [0, 0.1) is 0 Å². The van der Waals surface area contributed by atoms with Crippen molar-refractivity contribution < 1.29 is 4.74 Å². The molecular formula is C11H10BrN5O. The maximum Gasteiger partial charge on any atom is 0.211 e. The number of aryl methyl sites for hydroxylation is 1. The van der Waals surface area contributed by atoms with E-state index in [1.54, 1.807) is 18.0 Å². The van der Waals surface area contributed by atoms with Crippen molar-refractivity contribution in [3.05, 3.63) is 22.8 Å². The molecule has 3 rings (SSSR count). The third kappa shape index (κ3) is 1.76. The summed E-state index contributed by atoms with van der Waals surface area (Å²) in [6, 6.07) is 3.76. The Labute approximate surface area is 111 Å². The summed E-state index contributed by atoms with van der Waals surface area (Å²) < 4.78 is 7.74. The Kier molecular flexibility index (Phi) is 2.55. The minimum absolute atomic E-state index is 0.665. The van der Waals surface area contributed by atoms with Gasteiger partial charge in [-0.2, -0.15) is 5.10 Å². The highest BCUT2D eigenvalue weighted by atomic mass is 79.9. The minimum atomic E-state index is 0.665. The molecule has 3 aromatic rings. The normalized spacial score (nSPS) is 11.1. The fraction of sp³-hybridized carbons (Fsp3) is 0.182. The van der Waals surface area contributed by atoms with Crippen molar-refractivity contribution in [1.82, 2.24) is 24.7 Å². The number of imidazole rings is 1. The molecule has 0 saturated heterocycles. The van der Waals surface area contributed by atoms with Gasteiger partial charge in [0.2, 0.25) is 5.88 Å². The molecule has 0 fully saturated rings.